The monoisotopic (exact) mass is 460 g/mol. The molecule has 1 aliphatic heterocycles. The van der Waals surface area contributed by atoms with E-state index >= 15 is 0 Å². The van der Waals surface area contributed by atoms with Crippen LogP contribution in [0.3, 0.4) is 0 Å². The molecule has 1 fully saturated rings. The van der Waals surface area contributed by atoms with Crippen molar-refractivity contribution in [3.05, 3.63) is 83.5 Å². The lowest BCUT2D eigenvalue weighted by Crippen LogP contribution is -2.42. The van der Waals surface area contributed by atoms with E-state index in [4.69, 9.17) is 13.6 Å². The van der Waals surface area contributed by atoms with E-state index < -0.39 is 5.60 Å². The van der Waals surface area contributed by atoms with Gasteiger partial charge in [0.1, 0.15) is 22.9 Å². The number of carbonyl (C=O) groups excluding carboxylic acids is 1. The van der Waals surface area contributed by atoms with Gasteiger partial charge < -0.3 is 24.0 Å². The summed E-state index contributed by atoms with van der Waals surface area (Å²) < 4.78 is 16.8. The minimum atomic E-state index is -0.916. The smallest absolute Gasteiger partial charge is 0.291 e. The third-order valence-corrected chi connectivity index (χ3v) is 6.49. The van der Waals surface area contributed by atoms with Crippen molar-refractivity contribution in [2.45, 2.75) is 31.9 Å². The lowest BCUT2D eigenvalue weighted by atomic mass is 9.84. The first-order chi connectivity index (χ1) is 16.4. The summed E-state index contributed by atoms with van der Waals surface area (Å²) in [7, 11) is 1.56. The Labute approximate surface area is 197 Å². The zero-order chi connectivity index (χ0) is 23.7. The molecule has 34 heavy (non-hydrogen) atoms. The topological polar surface area (TPSA) is 88.1 Å². The molecule has 0 unspecified atom stereocenters. The average Bonchev–Trinajstić information content (AvgIpc) is 3.46. The van der Waals surface area contributed by atoms with Crippen LogP contribution in [0.25, 0.3) is 11.0 Å². The van der Waals surface area contributed by atoms with Crippen LogP contribution in [0, 0.1) is 6.92 Å². The van der Waals surface area contributed by atoms with Crippen molar-refractivity contribution in [1.29, 1.82) is 0 Å². The summed E-state index contributed by atoms with van der Waals surface area (Å²) in [5.41, 5.74) is 1.09. The molecule has 0 saturated carbocycles. The van der Waals surface area contributed by atoms with Crippen LogP contribution in [-0.2, 0) is 12.1 Å². The van der Waals surface area contributed by atoms with Gasteiger partial charge in [0.2, 0.25) is 0 Å². The number of aryl methyl sites for hydroxylation is 1. The summed E-state index contributed by atoms with van der Waals surface area (Å²) in [5.74, 6) is 2.27. The molecule has 1 aliphatic rings. The van der Waals surface area contributed by atoms with Gasteiger partial charge in [-0.3, -0.25) is 9.69 Å². The van der Waals surface area contributed by atoms with Crippen LogP contribution in [0.1, 0.15) is 40.5 Å². The number of anilines is 1. The molecule has 0 spiro atoms. The maximum atomic E-state index is 12.8. The molecule has 2 aromatic heterocycles. The highest BCUT2D eigenvalue weighted by Gasteiger charge is 2.34. The maximum Gasteiger partial charge on any atom is 0.291 e. The van der Waals surface area contributed by atoms with Crippen molar-refractivity contribution in [1.82, 2.24) is 4.90 Å². The molecular formula is C27H28N2O5. The number of methoxy groups -OCH3 is 1. The molecule has 0 atom stereocenters. The first-order valence-corrected chi connectivity index (χ1v) is 11.4. The Hall–Kier alpha value is -3.55. The standard InChI is InChI=1S/C27H28N2O5/c1-18-7-9-21(33-18)17-29-13-11-27(31,12-14-29)20-8-10-23-19(15-20)16-25(34-23)26(30)28-22-5-3-4-6-24(22)32-2/h3-10,15-16,31H,11-14,17H2,1-2H3,(H,28,30). The average molecular weight is 461 g/mol. The second-order valence-corrected chi connectivity index (χ2v) is 8.84. The van der Waals surface area contributed by atoms with Crippen LogP contribution < -0.4 is 10.1 Å². The molecule has 176 valence electrons. The first-order valence-electron chi connectivity index (χ1n) is 11.4. The van der Waals surface area contributed by atoms with Gasteiger partial charge in [-0.2, -0.15) is 0 Å². The van der Waals surface area contributed by atoms with Crippen molar-refractivity contribution in [3.63, 3.8) is 0 Å². The lowest BCUT2D eigenvalue weighted by Gasteiger charge is -2.38. The summed E-state index contributed by atoms with van der Waals surface area (Å²) in [6.45, 7) is 4.23. The first kappa shape index (κ1) is 22.3. The minimum Gasteiger partial charge on any atom is -0.495 e. The molecule has 5 rings (SSSR count). The molecule has 0 aliphatic carbocycles. The molecule has 7 nitrogen and oxygen atoms in total. The van der Waals surface area contributed by atoms with E-state index in [0.29, 0.717) is 29.9 Å². The van der Waals surface area contributed by atoms with Gasteiger partial charge in [0.05, 0.1) is 24.9 Å². The number of nitrogens with one attached hydrogen (secondary N) is 1. The Balaban J connectivity index is 1.29. The number of hydrogen-bond acceptors (Lipinski definition) is 6. The van der Waals surface area contributed by atoms with Crippen molar-refractivity contribution >= 4 is 22.6 Å². The highest BCUT2D eigenvalue weighted by Crippen LogP contribution is 2.35. The second kappa shape index (κ2) is 9.00. The number of rotatable bonds is 6. The largest absolute Gasteiger partial charge is 0.495 e. The highest BCUT2D eigenvalue weighted by atomic mass is 16.5. The van der Waals surface area contributed by atoms with Gasteiger partial charge in [-0.05, 0) is 67.8 Å². The Morgan fingerprint density at radius 2 is 1.88 bits per heavy atom. The van der Waals surface area contributed by atoms with E-state index in [2.05, 4.69) is 10.2 Å². The fourth-order valence-corrected chi connectivity index (χ4v) is 4.54. The molecule has 1 amide bonds. The number of hydrogen-bond donors (Lipinski definition) is 2. The van der Waals surface area contributed by atoms with Gasteiger partial charge in [0.15, 0.2) is 5.76 Å². The number of benzene rings is 2. The van der Waals surface area contributed by atoms with E-state index in [1.807, 2.05) is 49.4 Å². The van der Waals surface area contributed by atoms with E-state index in [1.165, 1.54) is 0 Å². The van der Waals surface area contributed by atoms with E-state index in [-0.39, 0.29) is 11.7 Å². The summed E-state index contributed by atoms with van der Waals surface area (Å²) in [5, 5.41) is 15.0. The van der Waals surface area contributed by atoms with E-state index in [0.717, 1.165) is 42.1 Å². The van der Waals surface area contributed by atoms with E-state index in [1.54, 1.807) is 25.3 Å². The molecule has 1 saturated heterocycles. The molecule has 3 heterocycles. The fourth-order valence-electron chi connectivity index (χ4n) is 4.54. The van der Waals surface area contributed by atoms with Gasteiger partial charge in [-0.15, -0.1) is 0 Å². The summed E-state index contributed by atoms with van der Waals surface area (Å²) in [6.07, 6.45) is 1.24. The lowest BCUT2D eigenvalue weighted by molar-refractivity contribution is -0.0288. The zero-order valence-corrected chi connectivity index (χ0v) is 19.3. The molecular weight excluding hydrogens is 432 g/mol. The quantitative estimate of drug-likeness (QED) is 0.417. The second-order valence-electron chi connectivity index (χ2n) is 8.84. The fraction of sp³-hybridized carbons (Fsp3) is 0.296. The molecule has 0 bridgehead atoms. The third kappa shape index (κ3) is 4.44. The van der Waals surface area contributed by atoms with Gasteiger partial charge in [-0.25, -0.2) is 0 Å². The Bertz CT molecular complexity index is 1310. The molecule has 2 N–H and O–H groups in total. The number of furan rings is 2. The predicted octanol–water partition coefficient (Wildman–Crippen LogP) is 5.08. The van der Waals surface area contributed by atoms with Crippen LogP contribution in [0.15, 0.2) is 69.5 Å². The van der Waals surface area contributed by atoms with Crippen LogP contribution >= 0.6 is 0 Å². The van der Waals surface area contributed by atoms with Crippen LogP contribution in [0.5, 0.6) is 5.75 Å². The number of ether oxygens (including phenoxy) is 1. The van der Waals surface area contributed by atoms with Crippen molar-refractivity contribution in [2.24, 2.45) is 0 Å². The number of aliphatic hydroxyl groups is 1. The Morgan fingerprint density at radius 3 is 2.62 bits per heavy atom. The van der Waals surface area contributed by atoms with Gasteiger partial charge in [-0.1, -0.05) is 18.2 Å². The predicted molar refractivity (Wildman–Crippen MR) is 129 cm³/mol. The Kier molecular flexibility index (Phi) is 5.89. The molecule has 2 aromatic carbocycles. The number of amides is 1. The van der Waals surface area contributed by atoms with Crippen LogP contribution in [0.2, 0.25) is 0 Å². The molecule has 4 aromatic rings. The zero-order valence-electron chi connectivity index (χ0n) is 19.3. The summed E-state index contributed by atoms with van der Waals surface area (Å²) in [6, 6.07) is 18.5. The number of likely N-dealkylation sites (tertiary alicyclic amines) is 1. The van der Waals surface area contributed by atoms with Gasteiger partial charge >= 0.3 is 0 Å². The van der Waals surface area contributed by atoms with Crippen molar-refractivity contribution in [2.75, 3.05) is 25.5 Å². The normalized spacial score (nSPS) is 16.0. The number of carbonyl (C=O) groups is 1. The van der Waals surface area contributed by atoms with Crippen LogP contribution in [-0.4, -0.2) is 36.1 Å². The number of fused-ring (bicyclic) bond motifs is 1. The van der Waals surface area contributed by atoms with Crippen LogP contribution in [0.4, 0.5) is 5.69 Å². The minimum absolute atomic E-state index is 0.202. The number of piperidine rings is 1. The molecule has 0 radical (unpaired) electrons. The van der Waals surface area contributed by atoms with Crippen molar-refractivity contribution in [3.8, 4) is 5.75 Å². The third-order valence-electron chi connectivity index (χ3n) is 6.49. The van der Waals surface area contributed by atoms with E-state index in [9.17, 15) is 9.90 Å². The van der Waals surface area contributed by atoms with Gasteiger partial charge in [0, 0.05) is 18.5 Å². The van der Waals surface area contributed by atoms with Gasteiger partial charge in [0.25, 0.3) is 5.91 Å². The Morgan fingerprint density at radius 1 is 1.09 bits per heavy atom. The summed E-state index contributed by atoms with van der Waals surface area (Å²) in [4.78, 5) is 15.1. The summed E-state index contributed by atoms with van der Waals surface area (Å²) >= 11 is 0. The maximum absolute atomic E-state index is 12.8. The SMILES string of the molecule is COc1ccccc1NC(=O)c1cc2cc(C3(O)CCN(Cc4ccc(C)o4)CC3)ccc2o1. The van der Waals surface area contributed by atoms with Crippen molar-refractivity contribution < 1.29 is 23.5 Å². The highest BCUT2D eigenvalue weighted by molar-refractivity contribution is 6.05. The number of para-hydroxylation sites is 2. The molecule has 7 heteroatoms. The number of nitrogens with zero attached hydrogens (tertiary/aromatic N) is 1.